The molecule has 0 aromatic carbocycles. The summed E-state index contributed by atoms with van der Waals surface area (Å²) in [6.45, 7) is 4.73. The first kappa shape index (κ1) is 15.4. The summed E-state index contributed by atoms with van der Waals surface area (Å²) in [5.41, 5.74) is 0.486. The number of nitrogens with one attached hydrogen (secondary N) is 1. The molecule has 0 saturated carbocycles. The van der Waals surface area contributed by atoms with Gasteiger partial charge in [0, 0.05) is 32.3 Å². The molecule has 1 aromatic heterocycles. The maximum atomic E-state index is 12.5. The molecule has 19 heavy (non-hydrogen) atoms. The summed E-state index contributed by atoms with van der Waals surface area (Å²) in [4.78, 5) is 3.97. The molecule has 0 radical (unpaired) electrons. The molecule has 0 amide bonds. The van der Waals surface area contributed by atoms with Gasteiger partial charge < -0.3 is 5.32 Å². The van der Waals surface area contributed by atoms with Crippen molar-refractivity contribution in [2.45, 2.75) is 25.3 Å². The van der Waals surface area contributed by atoms with Crippen LogP contribution in [0.1, 0.15) is 20.3 Å². The molecule has 104 valence electrons. The van der Waals surface area contributed by atoms with E-state index in [1.54, 1.807) is 19.1 Å². The maximum Gasteiger partial charge on any atom is 0.262 e. The minimum Gasteiger partial charge on any atom is -0.383 e. The lowest BCUT2D eigenvalue weighted by Crippen LogP contribution is -2.32. The van der Waals surface area contributed by atoms with Gasteiger partial charge in [0.05, 0.1) is 11.8 Å². The lowest BCUT2D eigenvalue weighted by Gasteiger charge is -2.20. The van der Waals surface area contributed by atoms with E-state index in [-0.39, 0.29) is 18.0 Å². The van der Waals surface area contributed by atoms with Crippen LogP contribution in [0.3, 0.4) is 0 Å². The fourth-order valence-electron chi connectivity index (χ4n) is 1.67. The molecule has 0 bridgehead atoms. The molecule has 6 nitrogen and oxygen atoms in total. The fraction of sp³-hybridized carbons (Fsp3) is 0.500. The van der Waals surface area contributed by atoms with Crippen molar-refractivity contribution in [1.82, 2.24) is 9.29 Å². The summed E-state index contributed by atoms with van der Waals surface area (Å²) in [5, 5.41) is 11.6. The van der Waals surface area contributed by atoms with Gasteiger partial charge in [-0.25, -0.2) is 13.4 Å². The first-order valence-corrected chi connectivity index (χ1v) is 7.57. The van der Waals surface area contributed by atoms with Crippen LogP contribution >= 0.6 is 0 Å². The number of sulfonamides is 1. The number of pyridine rings is 1. The second-order valence-corrected chi connectivity index (χ2v) is 5.64. The van der Waals surface area contributed by atoms with Crippen LogP contribution < -0.4 is 5.32 Å². The van der Waals surface area contributed by atoms with Crippen molar-refractivity contribution in [2.24, 2.45) is 0 Å². The first-order chi connectivity index (χ1) is 9.07. The fourth-order valence-corrected chi connectivity index (χ4v) is 3.19. The third-order valence-electron chi connectivity index (χ3n) is 2.55. The van der Waals surface area contributed by atoms with Gasteiger partial charge in [-0.3, -0.25) is 0 Å². The number of anilines is 1. The Bertz CT molecular complexity index is 551. The van der Waals surface area contributed by atoms with Crippen LogP contribution in [0.2, 0.25) is 0 Å². The van der Waals surface area contributed by atoms with E-state index in [1.165, 1.54) is 10.5 Å². The minimum atomic E-state index is -3.67. The molecule has 0 saturated heterocycles. The third-order valence-corrected chi connectivity index (χ3v) is 4.48. The second-order valence-electron chi connectivity index (χ2n) is 3.79. The topological polar surface area (TPSA) is 86.1 Å². The van der Waals surface area contributed by atoms with Gasteiger partial charge in [-0.2, -0.15) is 9.57 Å². The van der Waals surface area contributed by atoms with Crippen LogP contribution in [0.4, 0.5) is 5.69 Å². The Hall–Kier alpha value is -1.65. The Kier molecular flexibility index (Phi) is 5.73. The number of nitrogens with zero attached hydrogens (tertiary/aromatic N) is 3. The van der Waals surface area contributed by atoms with Crippen LogP contribution in [-0.2, 0) is 10.0 Å². The maximum absolute atomic E-state index is 12.5. The molecule has 1 N–H and O–H groups in total. The average Bonchev–Trinajstić information content (AvgIpc) is 2.40. The SMILES string of the molecule is CCNc1cccnc1S(=O)(=O)N(CC)CCC#N. The van der Waals surface area contributed by atoms with E-state index in [4.69, 9.17) is 5.26 Å². The molecule has 0 fully saturated rings. The quantitative estimate of drug-likeness (QED) is 0.817. The molecule has 0 aliphatic heterocycles. The number of aromatic nitrogens is 1. The van der Waals surface area contributed by atoms with Crippen LogP contribution in [-0.4, -0.2) is 37.3 Å². The molecule has 0 atom stereocenters. The second kappa shape index (κ2) is 7.07. The van der Waals surface area contributed by atoms with Crippen molar-refractivity contribution in [3.8, 4) is 6.07 Å². The van der Waals surface area contributed by atoms with E-state index in [9.17, 15) is 8.42 Å². The van der Waals surface area contributed by atoms with Crippen molar-refractivity contribution < 1.29 is 8.42 Å². The van der Waals surface area contributed by atoms with E-state index in [0.29, 0.717) is 18.8 Å². The van der Waals surface area contributed by atoms with Crippen molar-refractivity contribution >= 4 is 15.7 Å². The lowest BCUT2D eigenvalue weighted by atomic mass is 10.4. The Balaban J connectivity index is 3.15. The van der Waals surface area contributed by atoms with E-state index in [0.717, 1.165) is 0 Å². The summed E-state index contributed by atoms with van der Waals surface area (Å²) < 4.78 is 26.2. The highest BCUT2D eigenvalue weighted by atomic mass is 32.2. The van der Waals surface area contributed by atoms with Crippen LogP contribution in [0.15, 0.2) is 23.4 Å². The van der Waals surface area contributed by atoms with E-state index >= 15 is 0 Å². The molecule has 0 aliphatic rings. The van der Waals surface area contributed by atoms with E-state index in [2.05, 4.69) is 10.3 Å². The molecule has 1 aromatic rings. The third kappa shape index (κ3) is 3.66. The predicted molar refractivity (Wildman–Crippen MR) is 73.1 cm³/mol. The molecule has 7 heteroatoms. The molecular formula is C12H18N4O2S. The van der Waals surface area contributed by atoms with Gasteiger partial charge in [0.25, 0.3) is 10.0 Å². The number of rotatable bonds is 7. The summed E-state index contributed by atoms with van der Waals surface area (Å²) >= 11 is 0. The number of hydrogen-bond donors (Lipinski definition) is 1. The zero-order valence-corrected chi connectivity index (χ0v) is 11.9. The standard InChI is InChI=1S/C12H18N4O2S/c1-3-14-11-7-5-9-15-12(11)19(17,18)16(4-2)10-6-8-13/h5,7,9,14H,3-4,6,10H2,1-2H3. The van der Waals surface area contributed by atoms with Gasteiger partial charge in [-0.05, 0) is 19.1 Å². The number of hydrogen-bond acceptors (Lipinski definition) is 5. The molecule has 0 unspecified atom stereocenters. The van der Waals surface area contributed by atoms with Crippen LogP contribution in [0.5, 0.6) is 0 Å². The van der Waals surface area contributed by atoms with Crippen molar-refractivity contribution in [1.29, 1.82) is 5.26 Å². The largest absolute Gasteiger partial charge is 0.383 e. The highest BCUT2D eigenvalue weighted by Gasteiger charge is 2.26. The lowest BCUT2D eigenvalue weighted by molar-refractivity contribution is 0.433. The number of nitriles is 1. The molecule has 1 heterocycles. The van der Waals surface area contributed by atoms with Gasteiger partial charge in [0.15, 0.2) is 5.03 Å². The van der Waals surface area contributed by atoms with Crippen molar-refractivity contribution in [2.75, 3.05) is 25.0 Å². The highest BCUT2D eigenvalue weighted by Crippen LogP contribution is 2.21. The highest BCUT2D eigenvalue weighted by molar-refractivity contribution is 7.89. The minimum absolute atomic E-state index is 0.0108. The summed E-state index contributed by atoms with van der Waals surface area (Å²) in [6.07, 6.45) is 1.61. The smallest absolute Gasteiger partial charge is 0.262 e. The van der Waals surface area contributed by atoms with Gasteiger partial charge >= 0.3 is 0 Å². The molecule has 0 aliphatic carbocycles. The average molecular weight is 282 g/mol. The molecular weight excluding hydrogens is 264 g/mol. The first-order valence-electron chi connectivity index (χ1n) is 6.13. The summed E-state index contributed by atoms with van der Waals surface area (Å²) in [5.74, 6) is 0. The van der Waals surface area contributed by atoms with Gasteiger partial charge in [-0.15, -0.1) is 0 Å². The Labute approximate surface area is 114 Å². The monoisotopic (exact) mass is 282 g/mol. The molecule has 1 rings (SSSR count). The van der Waals surface area contributed by atoms with E-state index in [1.807, 2.05) is 13.0 Å². The van der Waals surface area contributed by atoms with Crippen LogP contribution in [0.25, 0.3) is 0 Å². The van der Waals surface area contributed by atoms with Crippen molar-refractivity contribution in [3.05, 3.63) is 18.3 Å². The summed E-state index contributed by atoms with van der Waals surface area (Å²) in [7, 11) is -3.67. The predicted octanol–water partition coefficient (Wildman–Crippen LogP) is 1.44. The van der Waals surface area contributed by atoms with Crippen molar-refractivity contribution in [3.63, 3.8) is 0 Å². The zero-order chi connectivity index (χ0) is 14.3. The Morgan fingerprint density at radius 2 is 2.21 bits per heavy atom. The van der Waals surface area contributed by atoms with Gasteiger partial charge in [0.1, 0.15) is 0 Å². The van der Waals surface area contributed by atoms with E-state index < -0.39 is 10.0 Å². The Morgan fingerprint density at radius 1 is 1.47 bits per heavy atom. The van der Waals surface area contributed by atoms with Gasteiger partial charge in [-0.1, -0.05) is 6.92 Å². The summed E-state index contributed by atoms with van der Waals surface area (Å²) in [6, 6.07) is 5.32. The zero-order valence-electron chi connectivity index (χ0n) is 11.1. The van der Waals surface area contributed by atoms with Gasteiger partial charge in [0.2, 0.25) is 0 Å². The Morgan fingerprint density at radius 3 is 2.79 bits per heavy atom. The molecule has 0 spiro atoms. The normalized spacial score (nSPS) is 11.3. The van der Waals surface area contributed by atoms with Crippen LogP contribution in [0, 0.1) is 11.3 Å².